The molecule has 0 amide bonds. The van der Waals surface area contributed by atoms with Gasteiger partial charge in [-0.15, -0.1) is 0 Å². The van der Waals surface area contributed by atoms with Gasteiger partial charge in [0.15, 0.2) is 0 Å². The summed E-state index contributed by atoms with van der Waals surface area (Å²) in [7, 11) is 0. The first-order valence-electron chi connectivity index (χ1n) is 7.02. The van der Waals surface area contributed by atoms with Crippen LogP contribution in [0.25, 0.3) is 22.2 Å². The number of pyridine rings is 1. The summed E-state index contributed by atoms with van der Waals surface area (Å²) in [6.07, 6.45) is 0. The van der Waals surface area contributed by atoms with Gasteiger partial charge in [-0.25, -0.2) is 14.2 Å². The summed E-state index contributed by atoms with van der Waals surface area (Å²) in [4.78, 5) is 16.6. The average Bonchev–Trinajstić information content (AvgIpc) is 2.54. The second kappa shape index (κ2) is 5.93. The molecule has 1 heterocycles. The minimum Gasteiger partial charge on any atom is -0.462 e. The van der Waals surface area contributed by atoms with Gasteiger partial charge in [0.1, 0.15) is 5.82 Å². The van der Waals surface area contributed by atoms with Crippen LogP contribution in [-0.2, 0) is 4.74 Å². The molecule has 3 rings (SSSR count). The molecule has 0 saturated carbocycles. The van der Waals surface area contributed by atoms with Crippen LogP contribution in [0, 0.1) is 5.82 Å². The van der Waals surface area contributed by atoms with Crippen LogP contribution in [-0.4, -0.2) is 17.6 Å². The van der Waals surface area contributed by atoms with Crippen LogP contribution in [0.5, 0.6) is 0 Å². The van der Waals surface area contributed by atoms with Gasteiger partial charge in [-0.05, 0) is 31.2 Å². The molecular formula is C18H14FNO2. The summed E-state index contributed by atoms with van der Waals surface area (Å²) in [6, 6.07) is 15.2. The van der Waals surface area contributed by atoms with Crippen molar-refractivity contribution in [3.63, 3.8) is 0 Å². The Hall–Kier alpha value is -2.75. The van der Waals surface area contributed by atoms with E-state index in [2.05, 4.69) is 4.98 Å². The van der Waals surface area contributed by atoms with Gasteiger partial charge in [0.05, 0.1) is 23.4 Å². The highest BCUT2D eigenvalue weighted by Crippen LogP contribution is 2.27. The minimum atomic E-state index is -0.432. The smallest absolute Gasteiger partial charge is 0.338 e. The quantitative estimate of drug-likeness (QED) is 0.679. The van der Waals surface area contributed by atoms with Gasteiger partial charge in [-0.1, -0.05) is 30.3 Å². The Morgan fingerprint density at radius 3 is 2.64 bits per heavy atom. The summed E-state index contributed by atoms with van der Waals surface area (Å²) in [5, 5.41) is 0.695. The topological polar surface area (TPSA) is 39.2 Å². The average molecular weight is 295 g/mol. The van der Waals surface area contributed by atoms with Gasteiger partial charge in [-0.2, -0.15) is 0 Å². The minimum absolute atomic E-state index is 0.282. The van der Waals surface area contributed by atoms with Crippen molar-refractivity contribution >= 4 is 16.9 Å². The van der Waals surface area contributed by atoms with Gasteiger partial charge in [0.25, 0.3) is 0 Å². The molecule has 0 aliphatic carbocycles. The molecule has 0 aliphatic rings. The molecule has 3 nitrogen and oxygen atoms in total. The van der Waals surface area contributed by atoms with Crippen LogP contribution in [0.3, 0.4) is 0 Å². The Kier molecular flexibility index (Phi) is 3.83. The van der Waals surface area contributed by atoms with E-state index in [9.17, 15) is 9.18 Å². The first kappa shape index (κ1) is 14.2. The van der Waals surface area contributed by atoms with Crippen molar-refractivity contribution in [1.29, 1.82) is 0 Å². The van der Waals surface area contributed by atoms with Crippen molar-refractivity contribution in [2.45, 2.75) is 6.92 Å². The normalized spacial score (nSPS) is 10.6. The summed E-state index contributed by atoms with van der Waals surface area (Å²) < 4.78 is 19.1. The zero-order chi connectivity index (χ0) is 15.5. The molecule has 0 unspecified atom stereocenters. The molecule has 0 aliphatic heterocycles. The van der Waals surface area contributed by atoms with Gasteiger partial charge < -0.3 is 4.74 Å². The van der Waals surface area contributed by atoms with Crippen LogP contribution in [0.4, 0.5) is 4.39 Å². The molecule has 0 saturated heterocycles. The number of hydrogen-bond acceptors (Lipinski definition) is 3. The number of esters is 1. The lowest BCUT2D eigenvalue weighted by Gasteiger charge is -2.09. The van der Waals surface area contributed by atoms with Crippen molar-refractivity contribution < 1.29 is 13.9 Å². The highest BCUT2D eigenvalue weighted by atomic mass is 19.1. The summed E-state index contributed by atoms with van der Waals surface area (Å²) in [5.74, 6) is -0.807. The Labute approximate surface area is 127 Å². The number of fused-ring (bicyclic) bond motifs is 1. The molecule has 0 N–H and O–H groups in total. The Balaban J connectivity index is 2.25. The highest BCUT2D eigenvalue weighted by Gasteiger charge is 2.16. The van der Waals surface area contributed by atoms with Crippen LogP contribution in [0.15, 0.2) is 54.6 Å². The van der Waals surface area contributed by atoms with Crippen molar-refractivity contribution in [1.82, 2.24) is 4.98 Å². The zero-order valence-electron chi connectivity index (χ0n) is 12.0. The number of ether oxygens (including phenoxy) is 1. The van der Waals surface area contributed by atoms with E-state index in [1.165, 1.54) is 6.07 Å². The largest absolute Gasteiger partial charge is 0.462 e. The summed E-state index contributed by atoms with van der Waals surface area (Å²) in [6.45, 7) is 2.03. The molecule has 1 aromatic heterocycles. The second-order valence-electron chi connectivity index (χ2n) is 4.77. The van der Waals surface area contributed by atoms with Gasteiger partial charge in [0.2, 0.25) is 0 Å². The zero-order valence-corrected chi connectivity index (χ0v) is 12.0. The first-order valence-corrected chi connectivity index (χ1v) is 7.02. The molecular weight excluding hydrogens is 281 g/mol. The van der Waals surface area contributed by atoms with Crippen LogP contribution < -0.4 is 0 Å². The Morgan fingerprint density at radius 2 is 1.86 bits per heavy atom. The van der Waals surface area contributed by atoms with E-state index >= 15 is 0 Å². The van der Waals surface area contributed by atoms with Crippen LogP contribution in [0.2, 0.25) is 0 Å². The fourth-order valence-corrected chi connectivity index (χ4v) is 2.36. The van der Waals surface area contributed by atoms with Gasteiger partial charge in [0, 0.05) is 10.9 Å². The fraction of sp³-hybridized carbons (Fsp3) is 0.111. The number of hydrogen-bond donors (Lipinski definition) is 0. The third kappa shape index (κ3) is 2.55. The van der Waals surface area contributed by atoms with Crippen molar-refractivity contribution in [3.05, 3.63) is 66.0 Å². The molecule has 110 valence electrons. The van der Waals surface area contributed by atoms with Gasteiger partial charge >= 0.3 is 5.97 Å². The summed E-state index contributed by atoms with van der Waals surface area (Å²) >= 11 is 0. The third-order valence-electron chi connectivity index (χ3n) is 3.36. The van der Waals surface area contributed by atoms with Gasteiger partial charge in [-0.3, -0.25) is 0 Å². The molecule has 2 aromatic carbocycles. The van der Waals surface area contributed by atoms with E-state index in [-0.39, 0.29) is 12.4 Å². The number of aromatic nitrogens is 1. The maximum absolute atomic E-state index is 14.0. The molecule has 4 heteroatoms. The number of benzene rings is 2. The SMILES string of the molecule is CCOC(=O)c1cc(-c2ccccc2F)nc2ccccc12. The predicted molar refractivity (Wildman–Crippen MR) is 83.1 cm³/mol. The number of halogens is 1. The van der Waals surface area contributed by atoms with Crippen molar-refractivity contribution in [3.8, 4) is 11.3 Å². The molecule has 0 atom stereocenters. The third-order valence-corrected chi connectivity index (χ3v) is 3.36. The summed E-state index contributed by atoms with van der Waals surface area (Å²) in [5.41, 5.74) is 1.80. The maximum Gasteiger partial charge on any atom is 0.338 e. The Bertz CT molecular complexity index is 845. The Morgan fingerprint density at radius 1 is 1.14 bits per heavy atom. The number of para-hydroxylation sites is 1. The van der Waals surface area contributed by atoms with E-state index in [1.54, 1.807) is 43.3 Å². The number of rotatable bonds is 3. The highest BCUT2D eigenvalue weighted by molar-refractivity contribution is 6.04. The van der Waals surface area contributed by atoms with E-state index in [1.807, 2.05) is 12.1 Å². The molecule has 0 spiro atoms. The molecule has 3 aromatic rings. The fourth-order valence-electron chi connectivity index (χ4n) is 2.36. The van der Waals surface area contributed by atoms with E-state index < -0.39 is 5.97 Å². The molecule has 0 fully saturated rings. The molecule has 22 heavy (non-hydrogen) atoms. The monoisotopic (exact) mass is 295 g/mol. The van der Waals surface area contributed by atoms with Crippen LogP contribution in [0.1, 0.15) is 17.3 Å². The van der Waals surface area contributed by atoms with E-state index in [0.717, 1.165) is 0 Å². The van der Waals surface area contributed by atoms with Crippen molar-refractivity contribution in [2.24, 2.45) is 0 Å². The van der Waals surface area contributed by atoms with Crippen molar-refractivity contribution in [2.75, 3.05) is 6.61 Å². The number of carbonyl (C=O) groups is 1. The number of nitrogens with zero attached hydrogens (tertiary/aromatic N) is 1. The first-order chi connectivity index (χ1) is 10.7. The molecule has 0 radical (unpaired) electrons. The lowest BCUT2D eigenvalue weighted by atomic mass is 10.0. The maximum atomic E-state index is 14.0. The number of carbonyl (C=O) groups excluding carboxylic acids is 1. The van der Waals surface area contributed by atoms with Crippen LogP contribution >= 0.6 is 0 Å². The lowest BCUT2D eigenvalue weighted by Crippen LogP contribution is -2.06. The molecule has 0 bridgehead atoms. The predicted octanol–water partition coefficient (Wildman–Crippen LogP) is 4.22. The van der Waals surface area contributed by atoms with E-state index in [4.69, 9.17) is 4.74 Å². The second-order valence-corrected chi connectivity index (χ2v) is 4.77. The van der Waals surface area contributed by atoms with E-state index in [0.29, 0.717) is 27.7 Å². The lowest BCUT2D eigenvalue weighted by molar-refractivity contribution is 0.0528. The standard InChI is InChI=1S/C18H14FNO2/c1-2-22-18(21)14-11-17(13-8-3-5-9-15(13)19)20-16-10-6-4-7-12(14)16/h3-11H,2H2,1H3.